The van der Waals surface area contributed by atoms with E-state index in [9.17, 15) is 5.11 Å². The van der Waals surface area contributed by atoms with Crippen molar-refractivity contribution in [3.05, 3.63) is 11.7 Å². The van der Waals surface area contributed by atoms with Gasteiger partial charge < -0.3 is 14.4 Å². The first kappa shape index (κ1) is 9.61. The summed E-state index contributed by atoms with van der Waals surface area (Å²) in [4.78, 5) is 4.07. The second kappa shape index (κ2) is 3.67. The zero-order valence-corrected chi connectivity index (χ0v) is 8.30. The van der Waals surface area contributed by atoms with Crippen molar-refractivity contribution in [1.82, 2.24) is 10.1 Å². The largest absolute Gasteiger partial charge is 0.385 e. The number of nitrogens with zero attached hydrogens (tertiary/aromatic N) is 2. The topological polar surface area (TPSA) is 68.4 Å². The summed E-state index contributed by atoms with van der Waals surface area (Å²) in [5.41, 5.74) is 0. The molecule has 3 unspecified atom stereocenters. The summed E-state index contributed by atoms with van der Waals surface area (Å²) in [7, 11) is 0. The van der Waals surface area contributed by atoms with E-state index in [2.05, 4.69) is 10.1 Å². The van der Waals surface area contributed by atoms with Crippen LogP contribution in [0.5, 0.6) is 0 Å². The molecule has 5 nitrogen and oxygen atoms in total. The second-order valence-corrected chi connectivity index (χ2v) is 3.68. The van der Waals surface area contributed by atoms with Crippen LogP contribution in [0, 0.1) is 0 Å². The Morgan fingerprint density at radius 3 is 2.79 bits per heavy atom. The molecule has 1 saturated heterocycles. The molecule has 0 bridgehead atoms. The highest BCUT2D eigenvalue weighted by Crippen LogP contribution is 2.31. The van der Waals surface area contributed by atoms with Gasteiger partial charge in [0, 0.05) is 0 Å². The fourth-order valence-corrected chi connectivity index (χ4v) is 1.53. The van der Waals surface area contributed by atoms with E-state index >= 15 is 0 Å². The van der Waals surface area contributed by atoms with E-state index in [1.54, 1.807) is 6.92 Å². The Bertz CT molecular complexity index is 311. The molecule has 0 spiro atoms. The number of aliphatic hydroxyl groups is 1. The molecule has 1 aromatic rings. The second-order valence-electron chi connectivity index (χ2n) is 3.68. The zero-order chi connectivity index (χ0) is 10.1. The number of rotatable bonds is 2. The van der Waals surface area contributed by atoms with E-state index < -0.39 is 6.10 Å². The van der Waals surface area contributed by atoms with Gasteiger partial charge in [0.2, 0.25) is 0 Å². The van der Waals surface area contributed by atoms with E-state index in [0.29, 0.717) is 11.7 Å². The van der Waals surface area contributed by atoms with Gasteiger partial charge in [-0.05, 0) is 26.7 Å². The molecule has 1 N–H and O–H groups in total. The van der Waals surface area contributed by atoms with Crippen molar-refractivity contribution in [3.63, 3.8) is 0 Å². The van der Waals surface area contributed by atoms with Crippen LogP contribution in [-0.2, 0) is 4.74 Å². The molecular formula is C9H14N2O3. The number of hydrogen-bond donors (Lipinski definition) is 1. The van der Waals surface area contributed by atoms with Crippen molar-refractivity contribution >= 4 is 0 Å². The van der Waals surface area contributed by atoms with E-state index in [1.165, 1.54) is 0 Å². The third-order valence-electron chi connectivity index (χ3n) is 2.34. The van der Waals surface area contributed by atoms with Crippen LogP contribution < -0.4 is 0 Å². The van der Waals surface area contributed by atoms with Crippen LogP contribution in [0.3, 0.4) is 0 Å². The highest BCUT2D eigenvalue weighted by molar-refractivity contribution is 4.94. The van der Waals surface area contributed by atoms with Gasteiger partial charge in [0.05, 0.1) is 6.10 Å². The SMILES string of the molecule is CC1CCC(c2nc(C(C)O)no2)O1. The van der Waals surface area contributed by atoms with Gasteiger partial charge in [0.1, 0.15) is 12.2 Å². The molecule has 0 radical (unpaired) electrons. The van der Waals surface area contributed by atoms with Crippen molar-refractivity contribution in [1.29, 1.82) is 0 Å². The van der Waals surface area contributed by atoms with Gasteiger partial charge in [-0.25, -0.2) is 0 Å². The summed E-state index contributed by atoms with van der Waals surface area (Å²) in [5.74, 6) is 0.799. The Morgan fingerprint density at radius 2 is 2.29 bits per heavy atom. The standard InChI is InChI=1S/C9H14N2O3/c1-5-3-4-7(13-5)9-10-8(6(2)12)11-14-9/h5-7,12H,3-4H2,1-2H3. The van der Waals surface area contributed by atoms with Gasteiger partial charge in [-0.15, -0.1) is 0 Å². The lowest BCUT2D eigenvalue weighted by Crippen LogP contribution is -2.01. The van der Waals surface area contributed by atoms with Crippen LogP contribution >= 0.6 is 0 Å². The van der Waals surface area contributed by atoms with Crippen LogP contribution in [0.15, 0.2) is 4.52 Å². The highest BCUT2D eigenvalue weighted by Gasteiger charge is 2.28. The molecular weight excluding hydrogens is 184 g/mol. The lowest BCUT2D eigenvalue weighted by atomic mass is 10.2. The van der Waals surface area contributed by atoms with Crippen molar-refractivity contribution in [2.45, 2.75) is 45.0 Å². The number of hydrogen-bond acceptors (Lipinski definition) is 5. The zero-order valence-electron chi connectivity index (χ0n) is 8.30. The molecule has 1 aliphatic heterocycles. The Hall–Kier alpha value is -0.940. The molecule has 0 saturated carbocycles. The lowest BCUT2D eigenvalue weighted by Gasteiger charge is -2.04. The van der Waals surface area contributed by atoms with Crippen LogP contribution in [0.4, 0.5) is 0 Å². The van der Waals surface area contributed by atoms with Gasteiger partial charge in [-0.3, -0.25) is 0 Å². The summed E-state index contributed by atoms with van der Waals surface area (Å²) < 4.78 is 10.6. The molecule has 1 aromatic heterocycles. The van der Waals surface area contributed by atoms with E-state index in [-0.39, 0.29) is 12.2 Å². The van der Waals surface area contributed by atoms with Crippen molar-refractivity contribution in [2.24, 2.45) is 0 Å². The molecule has 0 amide bonds. The van der Waals surface area contributed by atoms with Gasteiger partial charge in [0.15, 0.2) is 5.82 Å². The minimum absolute atomic E-state index is 0.0926. The first-order valence-electron chi connectivity index (χ1n) is 4.84. The van der Waals surface area contributed by atoms with E-state index in [4.69, 9.17) is 9.26 Å². The quantitative estimate of drug-likeness (QED) is 0.777. The normalized spacial score (nSPS) is 29.4. The monoisotopic (exact) mass is 198 g/mol. The predicted molar refractivity (Wildman–Crippen MR) is 47.5 cm³/mol. The van der Waals surface area contributed by atoms with Gasteiger partial charge in [-0.2, -0.15) is 4.98 Å². The fraction of sp³-hybridized carbons (Fsp3) is 0.778. The minimum atomic E-state index is -0.689. The van der Waals surface area contributed by atoms with Crippen LogP contribution in [-0.4, -0.2) is 21.4 Å². The molecule has 2 rings (SSSR count). The molecule has 0 aliphatic carbocycles. The molecule has 78 valence electrons. The Morgan fingerprint density at radius 1 is 1.50 bits per heavy atom. The van der Waals surface area contributed by atoms with Crippen LogP contribution in [0.2, 0.25) is 0 Å². The number of aromatic nitrogens is 2. The van der Waals surface area contributed by atoms with E-state index in [1.807, 2.05) is 6.92 Å². The Balaban J connectivity index is 2.09. The smallest absolute Gasteiger partial charge is 0.255 e. The van der Waals surface area contributed by atoms with Gasteiger partial charge in [-0.1, -0.05) is 5.16 Å². The van der Waals surface area contributed by atoms with Gasteiger partial charge in [0.25, 0.3) is 5.89 Å². The van der Waals surface area contributed by atoms with Crippen molar-refractivity contribution in [3.8, 4) is 0 Å². The third-order valence-corrected chi connectivity index (χ3v) is 2.34. The maximum atomic E-state index is 9.21. The summed E-state index contributed by atoms with van der Waals surface area (Å²) in [6.07, 6.45) is 1.39. The highest BCUT2D eigenvalue weighted by atomic mass is 16.5. The van der Waals surface area contributed by atoms with Crippen LogP contribution in [0.1, 0.15) is 50.6 Å². The predicted octanol–water partition coefficient (Wildman–Crippen LogP) is 1.36. The maximum Gasteiger partial charge on any atom is 0.255 e. The average Bonchev–Trinajstić information content (AvgIpc) is 2.70. The Kier molecular flexibility index (Phi) is 2.52. The maximum absolute atomic E-state index is 9.21. The third kappa shape index (κ3) is 1.78. The minimum Gasteiger partial charge on any atom is -0.385 e. The molecule has 1 fully saturated rings. The molecule has 3 atom stereocenters. The van der Waals surface area contributed by atoms with Crippen molar-refractivity contribution in [2.75, 3.05) is 0 Å². The summed E-state index contributed by atoms with van der Waals surface area (Å²) in [6, 6.07) is 0. The summed E-state index contributed by atoms with van der Waals surface area (Å²) >= 11 is 0. The first-order chi connectivity index (χ1) is 6.66. The Labute approximate surface area is 82.1 Å². The molecule has 14 heavy (non-hydrogen) atoms. The molecule has 5 heteroatoms. The van der Waals surface area contributed by atoms with E-state index in [0.717, 1.165) is 12.8 Å². The fourth-order valence-electron chi connectivity index (χ4n) is 1.53. The summed E-state index contributed by atoms with van der Waals surface area (Å²) in [5, 5.41) is 12.9. The molecule has 0 aromatic carbocycles. The lowest BCUT2D eigenvalue weighted by molar-refractivity contribution is 0.0355. The summed E-state index contributed by atoms with van der Waals surface area (Å²) in [6.45, 7) is 3.62. The first-order valence-corrected chi connectivity index (χ1v) is 4.84. The van der Waals surface area contributed by atoms with Crippen molar-refractivity contribution < 1.29 is 14.4 Å². The number of ether oxygens (including phenoxy) is 1. The molecule has 2 heterocycles. The van der Waals surface area contributed by atoms with Crippen LogP contribution in [0.25, 0.3) is 0 Å². The van der Waals surface area contributed by atoms with Gasteiger partial charge >= 0.3 is 0 Å². The molecule has 1 aliphatic rings. The number of aliphatic hydroxyl groups excluding tert-OH is 1. The average molecular weight is 198 g/mol.